The first-order valence-electron chi connectivity index (χ1n) is 6.77. The Balaban J connectivity index is 2.00. The fraction of sp³-hybridized carbons (Fsp3) is 0.400. The van der Waals surface area contributed by atoms with Gasteiger partial charge in [0.15, 0.2) is 0 Å². The topological polar surface area (TPSA) is 40.7 Å². The van der Waals surface area contributed by atoms with Gasteiger partial charge in [-0.25, -0.2) is 4.39 Å². The van der Waals surface area contributed by atoms with Crippen LogP contribution >= 0.6 is 0 Å². The van der Waals surface area contributed by atoms with Crippen molar-refractivity contribution in [1.29, 1.82) is 0 Å². The molecule has 1 saturated heterocycles. The molecule has 2 heterocycles. The zero-order valence-electron chi connectivity index (χ0n) is 11.0. The van der Waals surface area contributed by atoms with Crippen LogP contribution in [0.5, 0.6) is 0 Å². The Kier molecular flexibility index (Phi) is 3.34. The van der Waals surface area contributed by atoms with E-state index in [1.165, 1.54) is 12.1 Å². The van der Waals surface area contributed by atoms with Crippen LogP contribution in [0.3, 0.4) is 0 Å². The fourth-order valence-corrected chi connectivity index (χ4v) is 2.82. The van der Waals surface area contributed by atoms with Gasteiger partial charge in [-0.2, -0.15) is 5.10 Å². The van der Waals surface area contributed by atoms with Crippen LogP contribution in [-0.4, -0.2) is 23.3 Å². The molecule has 0 spiro atoms. The number of aromatic amines is 1. The van der Waals surface area contributed by atoms with E-state index in [0.29, 0.717) is 5.92 Å². The molecule has 3 rings (SSSR count). The largest absolute Gasteiger partial charge is 0.317 e. The highest BCUT2D eigenvalue weighted by Crippen LogP contribution is 2.34. The van der Waals surface area contributed by atoms with Crippen molar-refractivity contribution in [3.63, 3.8) is 0 Å². The highest BCUT2D eigenvalue weighted by atomic mass is 19.1. The third-order valence-corrected chi connectivity index (χ3v) is 3.83. The molecule has 0 unspecified atom stereocenters. The molecule has 4 heteroatoms. The number of hydrogen-bond acceptors (Lipinski definition) is 2. The first kappa shape index (κ1) is 12.4. The molecule has 19 heavy (non-hydrogen) atoms. The molecule has 0 atom stereocenters. The summed E-state index contributed by atoms with van der Waals surface area (Å²) in [6.07, 6.45) is 2.22. The number of rotatable bonds is 2. The zero-order chi connectivity index (χ0) is 13.2. The van der Waals surface area contributed by atoms with Gasteiger partial charge in [0.1, 0.15) is 5.82 Å². The predicted octanol–water partition coefficient (Wildman–Crippen LogP) is 2.99. The molecule has 0 amide bonds. The maximum atomic E-state index is 13.1. The average Bonchev–Trinajstić information content (AvgIpc) is 2.83. The number of nitrogens with one attached hydrogen (secondary N) is 2. The Morgan fingerprint density at radius 2 is 1.84 bits per heavy atom. The second-order valence-corrected chi connectivity index (χ2v) is 5.14. The number of aromatic nitrogens is 2. The van der Waals surface area contributed by atoms with Crippen LogP contribution in [0, 0.1) is 12.7 Å². The molecule has 0 radical (unpaired) electrons. The van der Waals surface area contributed by atoms with Crippen molar-refractivity contribution in [3.8, 4) is 11.1 Å². The Bertz CT molecular complexity index is 553. The monoisotopic (exact) mass is 259 g/mol. The number of nitrogens with zero attached hydrogens (tertiary/aromatic N) is 1. The van der Waals surface area contributed by atoms with Gasteiger partial charge in [-0.1, -0.05) is 12.1 Å². The summed E-state index contributed by atoms with van der Waals surface area (Å²) in [7, 11) is 0. The van der Waals surface area contributed by atoms with Crippen LogP contribution in [-0.2, 0) is 0 Å². The van der Waals surface area contributed by atoms with Crippen molar-refractivity contribution in [2.45, 2.75) is 25.7 Å². The summed E-state index contributed by atoms with van der Waals surface area (Å²) >= 11 is 0. The van der Waals surface area contributed by atoms with Crippen molar-refractivity contribution in [2.75, 3.05) is 13.1 Å². The summed E-state index contributed by atoms with van der Waals surface area (Å²) in [5, 5.41) is 10.9. The first-order valence-corrected chi connectivity index (χ1v) is 6.77. The number of halogens is 1. The molecule has 1 aliphatic rings. The highest BCUT2D eigenvalue weighted by molar-refractivity contribution is 5.69. The fourth-order valence-electron chi connectivity index (χ4n) is 2.82. The Labute approximate surface area is 112 Å². The van der Waals surface area contributed by atoms with Crippen LogP contribution < -0.4 is 5.32 Å². The number of piperidine rings is 1. The lowest BCUT2D eigenvalue weighted by molar-refractivity contribution is 0.453. The first-order chi connectivity index (χ1) is 9.25. The van der Waals surface area contributed by atoms with E-state index in [2.05, 4.69) is 15.5 Å². The van der Waals surface area contributed by atoms with E-state index in [-0.39, 0.29) is 5.82 Å². The third kappa shape index (κ3) is 2.40. The normalized spacial score (nSPS) is 16.7. The van der Waals surface area contributed by atoms with Crippen LogP contribution in [0.1, 0.15) is 30.1 Å². The molecule has 2 N–H and O–H groups in total. The lowest BCUT2D eigenvalue weighted by Gasteiger charge is -2.22. The van der Waals surface area contributed by atoms with Crippen molar-refractivity contribution >= 4 is 0 Å². The molecule has 1 aliphatic heterocycles. The van der Waals surface area contributed by atoms with E-state index in [0.717, 1.165) is 48.4 Å². The van der Waals surface area contributed by atoms with E-state index in [1.807, 2.05) is 19.1 Å². The standard InChI is InChI=1S/C15H18FN3/c1-10-14(11-2-4-13(16)5-3-11)15(19-18-10)12-6-8-17-9-7-12/h2-5,12,17H,6-9H2,1H3,(H,18,19). The smallest absolute Gasteiger partial charge is 0.123 e. The molecule has 0 saturated carbocycles. The molecular weight excluding hydrogens is 241 g/mol. The second kappa shape index (κ2) is 5.13. The minimum Gasteiger partial charge on any atom is -0.317 e. The molecule has 1 aromatic carbocycles. The number of H-pyrrole nitrogens is 1. The number of hydrogen-bond donors (Lipinski definition) is 2. The van der Waals surface area contributed by atoms with Crippen molar-refractivity contribution in [1.82, 2.24) is 15.5 Å². The zero-order valence-corrected chi connectivity index (χ0v) is 11.0. The summed E-state index contributed by atoms with van der Waals surface area (Å²) in [6, 6.07) is 6.68. The number of aryl methyl sites for hydroxylation is 1. The minimum absolute atomic E-state index is 0.201. The van der Waals surface area contributed by atoms with Gasteiger partial charge in [-0.3, -0.25) is 5.10 Å². The summed E-state index contributed by atoms with van der Waals surface area (Å²) in [4.78, 5) is 0. The third-order valence-electron chi connectivity index (χ3n) is 3.83. The van der Waals surface area contributed by atoms with Crippen LogP contribution in [0.25, 0.3) is 11.1 Å². The summed E-state index contributed by atoms with van der Waals surface area (Å²) in [5.74, 6) is 0.291. The maximum Gasteiger partial charge on any atom is 0.123 e. The van der Waals surface area contributed by atoms with Gasteiger partial charge >= 0.3 is 0 Å². The van der Waals surface area contributed by atoms with Gasteiger partial charge in [-0.15, -0.1) is 0 Å². The van der Waals surface area contributed by atoms with E-state index < -0.39 is 0 Å². The Hall–Kier alpha value is -1.68. The van der Waals surface area contributed by atoms with E-state index in [1.54, 1.807) is 0 Å². The van der Waals surface area contributed by atoms with Crippen LogP contribution in [0.2, 0.25) is 0 Å². The molecule has 1 aromatic heterocycles. The lowest BCUT2D eigenvalue weighted by Crippen LogP contribution is -2.27. The quantitative estimate of drug-likeness (QED) is 0.870. The lowest BCUT2D eigenvalue weighted by atomic mass is 9.89. The second-order valence-electron chi connectivity index (χ2n) is 5.14. The summed E-state index contributed by atoms with van der Waals surface area (Å²) in [5.41, 5.74) is 4.37. The van der Waals surface area contributed by atoms with Gasteiger partial charge in [0.05, 0.1) is 5.69 Å². The van der Waals surface area contributed by atoms with E-state index >= 15 is 0 Å². The van der Waals surface area contributed by atoms with Gasteiger partial charge in [0.2, 0.25) is 0 Å². The van der Waals surface area contributed by atoms with Gasteiger partial charge < -0.3 is 5.32 Å². The van der Waals surface area contributed by atoms with Crippen molar-refractivity contribution < 1.29 is 4.39 Å². The van der Waals surface area contributed by atoms with Crippen LogP contribution in [0.15, 0.2) is 24.3 Å². The molecular formula is C15H18FN3. The van der Waals surface area contributed by atoms with Crippen molar-refractivity contribution in [2.24, 2.45) is 0 Å². The summed E-state index contributed by atoms with van der Waals surface area (Å²) < 4.78 is 13.1. The number of benzene rings is 1. The maximum absolute atomic E-state index is 13.1. The van der Waals surface area contributed by atoms with Crippen LogP contribution in [0.4, 0.5) is 4.39 Å². The van der Waals surface area contributed by atoms with E-state index in [4.69, 9.17) is 0 Å². The average molecular weight is 259 g/mol. The van der Waals surface area contributed by atoms with Crippen molar-refractivity contribution in [3.05, 3.63) is 41.5 Å². The molecule has 3 nitrogen and oxygen atoms in total. The minimum atomic E-state index is -0.201. The molecule has 100 valence electrons. The van der Waals surface area contributed by atoms with E-state index in [9.17, 15) is 4.39 Å². The highest BCUT2D eigenvalue weighted by Gasteiger charge is 2.23. The predicted molar refractivity (Wildman–Crippen MR) is 73.6 cm³/mol. The molecule has 2 aromatic rings. The van der Waals surface area contributed by atoms with Gasteiger partial charge in [0, 0.05) is 17.2 Å². The molecule has 0 aliphatic carbocycles. The van der Waals surface area contributed by atoms with Gasteiger partial charge in [0.25, 0.3) is 0 Å². The van der Waals surface area contributed by atoms with Gasteiger partial charge in [-0.05, 0) is 50.6 Å². The molecule has 0 bridgehead atoms. The molecule has 1 fully saturated rings. The Morgan fingerprint density at radius 1 is 1.16 bits per heavy atom. The SMILES string of the molecule is Cc1[nH]nc(C2CCNCC2)c1-c1ccc(F)cc1. The Morgan fingerprint density at radius 3 is 2.53 bits per heavy atom. The summed E-state index contributed by atoms with van der Waals surface area (Å²) in [6.45, 7) is 4.11.